The van der Waals surface area contributed by atoms with Gasteiger partial charge in [-0.15, -0.1) is 11.3 Å². The number of nitrogens with zero attached hydrogens (tertiary/aromatic N) is 2. The van der Waals surface area contributed by atoms with E-state index in [2.05, 4.69) is 40.5 Å². The second kappa shape index (κ2) is 12.0. The standard InChI is InChI=1S/C26H34N4O4S/c1-5-18(6-2)30-22-10-9-17(13-20(22)28-23(30)14-19-8-7-11-35-19)25(33)29-21(12-16(3)4)26(34)27-15-24(31)32/h7-11,13,16,18,21H,5-6,12,14-15H2,1-4H3,(H,27,34)(H,29,33)(H,31,32). The van der Waals surface area contributed by atoms with Crippen LogP contribution in [0.2, 0.25) is 0 Å². The van der Waals surface area contributed by atoms with Crippen LogP contribution >= 0.6 is 11.3 Å². The minimum absolute atomic E-state index is 0.133. The Morgan fingerprint density at radius 3 is 2.49 bits per heavy atom. The smallest absolute Gasteiger partial charge is 0.322 e. The van der Waals surface area contributed by atoms with Crippen LogP contribution in [-0.2, 0) is 16.0 Å². The molecule has 0 spiro atoms. The minimum atomic E-state index is -1.13. The number of benzene rings is 1. The van der Waals surface area contributed by atoms with Gasteiger partial charge in [0.05, 0.1) is 11.0 Å². The molecular formula is C26H34N4O4S. The molecule has 0 aliphatic carbocycles. The van der Waals surface area contributed by atoms with E-state index in [1.807, 2.05) is 26.0 Å². The number of aliphatic carboxylic acids is 1. The highest BCUT2D eigenvalue weighted by Crippen LogP contribution is 2.28. The number of aromatic nitrogens is 2. The van der Waals surface area contributed by atoms with Crippen molar-refractivity contribution in [2.75, 3.05) is 6.54 Å². The van der Waals surface area contributed by atoms with Crippen molar-refractivity contribution in [1.82, 2.24) is 20.2 Å². The fraction of sp³-hybridized carbons (Fsp3) is 0.462. The lowest BCUT2D eigenvalue weighted by molar-refractivity contribution is -0.138. The summed E-state index contributed by atoms with van der Waals surface area (Å²) in [6, 6.07) is 9.07. The molecule has 0 radical (unpaired) electrons. The SMILES string of the molecule is CCC(CC)n1c(Cc2cccs2)nc2cc(C(=O)NC(CC(C)C)C(=O)NCC(=O)O)ccc21. The molecule has 1 aromatic carbocycles. The van der Waals surface area contributed by atoms with Crippen LogP contribution in [0.1, 0.15) is 74.1 Å². The van der Waals surface area contributed by atoms with E-state index in [1.165, 1.54) is 4.88 Å². The number of fused-ring (bicyclic) bond motifs is 1. The van der Waals surface area contributed by atoms with Crippen LogP contribution < -0.4 is 10.6 Å². The Balaban J connectivity index is 1.90. The summed E-state index contributed by atoms with van der Waals surface area (Å²) < 4.78 is 2.29. The maximum atomic E-state index is 13.1. The van der Waals surface area contributed by atoms with Gasteiger partial charge < -0.3 is 20.3 Å². The molecule has 0 aliphatic rings. The van der Waals surface area contributed by atoms with Gasteiger partial charge >= 0.3 is 5.97 Å². The molecule has 2 amide bonds. The Hall–Kier alpha value is -3.20. The van der Waals surface area contributed by atoms with Crippen molar-refractivity contribution in [2.45, 2.75) is 65.5 Å². The van der Waals surface area contributed by atoms with Crippen LogP contribution in [0, 0.1) is 5.92 Å². The van der Waals surface area contributed by atoms with Gasteiger partial charge in [0.1, 0.15) is 18.4 Å². The molecule has 1 atom stereocenters. The minimum Gasteiger partial charge on any atom is -0.480 e. The number of hydrogen-bond acceptors (Lipinski definition) is 5. The van der Waals surface area contributed by atoms with Gasteiger partial charge in [-0.25, -0.2) is 4.98 Å². The number of carboxylic acid groups (broad SMARTS) is 1. The number of carbonyl (C=O) groups is 3. The van der Waals surface area contributed by atoms with Gasteiger partial charge in [0.2, 0.25) is 5.91 Å². The number of carboxylic acids is 1. The molecule has 0 saturated heterocycles. The van der Waals surface area contributed by atoms with E-state index in [0.29, 0.717) is 18.0 Å². The molecule has 2 heterocycles. The zero-order valence-corrected chi connectivity index (χ0v) is 21.5. The van der Waals surface area contributed by atoms with Crippen molar-refractivity contribution in [3.8, 4) is 0 Å². The Kier molecular flexibility index (Phi) is 9.03. The summed E-state index contributed by atoms with van der Waals surface area (Å²) in [5.41, 5.74) is 2.14. The Morgan fingerprint density at radius 1 is 1.14 bits per heavy atom. The summed E-state index contributed by atoms with van der Waals surface area (Å²) in [4.78, 5) is 42.5. The second-order valence-corrected chi connectivity index (χ2v) is 10.1. The fourth-order valence-electron chi connectivity index (χ4n) is 4.28. The van der Waals surface area contributed by atoms with Crippen molar-refractivity contribution in [2.24, 2.45) is 5.92 Å². The third kappa shape index (κ3) is 6.69. The topological polar surface area (TPSA) is 113 Å². The molecule has 3 aromatic rings. The molecule has 35 heavy (non-hydrogen) atoms. The van der Waals surface area contributed by atoms with Crippen LogP contribution in [0.15, 0.2) is 35.7 Å². The highest BCUT2D eigenvalue weighted by Gasteiger charge is 2.24. The molecule has 0 fully saturated rings. The first kappa shape index (κ1) is 26.4. The van der Waals surface area contributed by atoms with Crippen molar-refractivity contribution in [3.05, 3.63) is 52.0 Å². The van der Waals surface area contributed by atoms with Crippen LogP contribution in [-0.4, -0.2) is 45.0 Å². The first-order valence-corrected chi connectivity index (χ1v) is 12.9. The number of nitrogens with one attached hydrogen (secondary N) is 2. The zero-order valence-electron chi connectivity index (χ0n) is 20.7. The first-order chi connectivity index (χ1) is 16.7. The van der Waals surface area contributed by atoms with Crippen LogP contribution in [0.25, 0.3) is 11.0 Å². The van der Waals surface area contributed by atoms with E-state index in [4.69, 9.17) is 10.1 Å². The average molecular weight is 499 g/mol. The van der Waals surface area contributed by atoms with E-state index in [0.717, 1.165) is 36.1 Å². The van der Waals surface area contributed by atoms with Gasteiger partial charge in [-0.2, -0.15) is 0 Å². The highest BCUT2D eigenvalue weighted by atomic mass is 32.1. The lowest BCUT2D eigenvalue weighted by Crippen LogP contribution is -2.48. The predicted molar refractivity (Wildman–Crippen MR) is 138 cm³/mol. The Morgan fingerprint density at radius 2 is 1.89 bits per heavy atom. The quantitative estimate of drug-likeness (QED) is 0.343. The molecule has 3 N–H and O–H groups in total. The summed E-state index contributed by atoms with van der Waals surface area (Å²) in [6.07, 6.45) is 3.08. The number of carbonyl (C=O) groups excluding carboxylic acids is 2. The third-order valence-electron chi connectivity index (χ3n) is 5.99. The summed E-state index contributed by atoms with van der Waals surface area (Å²) in [5, 5.41) is 16.1. The van der Waals surface area contributed by atoms with Crippen LogP contribution in [0.4, 0.5) is 0 Å². The molecule has 8 nitrogen and oxygen atoms in total. The van der Waals surface area contributed by atoms with Gasteiger partial charge in [-0.1, -0.05) is 33.8 Å². The Labute approximate surface area is 209 Å². The van der Waals surface area contributed by atoms with Crippen molar-refractivity contribution in [3.63, 3.8) is 0 Å². The van der Waals surface area contributed by atoms with Gasteiger partial charge in [-0.05, 0) is 54.8 Å². The maximum Gasteiger partial charge on any atom is 0.322 e. The second-order valence-electron chi connectivity index (χ2n) is 9.10. The molecule has 3 rings (SSSR count). The lowest BCUT2D eigenvalue weighted by atomic mass is 10.0. The predicted octanol–water partition coefficient (Wildman–Crippen LogP) is 4.40. The molecular weight excluding hydrogens is 464 g/mol. The summed E-state index contributed by atoms with van der Waals surface area (Å²) in [5.74, 6) is -0.926. The molecule has 1 unspecified atom stereocenters. The Bertz CT molecular complexity index is 1170. The largest absolute Gasteiger partial charge is 0.480 e. The van der Waals surface area contributed by atoms with Gasteiger partial charge in [-0.3, -0.25) is 14.4 Å². The van der Waals surface area contributed by atoms with E-state index >= 15 is 0 Å². The number of amides is 2. The van der Waals surface area contributed by atoms with Crippen molar-refractivity contribution >= 4 is 40.2 Å². The number of thiophene rings is 1. The monoisotopic (exact) mass is 498 g/mol. The van der Waals surface area contributed by atoms with Gasteiger partial charge in [0.25, 0.3) is 5.91 Å². The summed E-state index contributed by atoms with van der Waals surface area (Å²) in [6.45, 7) is 7.72. The average Bonchev–Trinajstić information content (AvgIpc) is 3.45. The lowest BCUT2D eigenvalue weighted by Gasteiger charge is -2.20. The number of rotatable bonds is 12. The van der Waals surface area contributed by atoms with Gasteiger partial charge in [0.15, 0.2) is 0 Å². The summed E-state index contributed by atoms with van der Waals surface area (Å²) in [7, 11) is 0. The molecule has 0 aliphatic heterocycles. The van der Waals surface area contributed by atoms with Crippen LogP contribution in [0.5, 0.6) is 0 Å². The van der Waals surface area contributed by atoms with Crippen molar-refractivity contribution < 1.29 is 19.5 Å². The fourth-order valence-corrected chi connectivity index (χ4v) is 4.98. The number of imidazole rings is 1. The molecule has 188 valence electrons. The zero-order chi connectivity index (χ0) is 25.5. The van der Waals surface area contributed by atoms with Crippen LogP contribution in [0.3, 0.4) is 0 Å². The molecule has 0 bridgehead atoms. The summed E-state index contributed by atoms with van der Waals surface area (Å²) >= 11 is 1.70. The normalized spacial score (nSPS) is 12.3. The third-order valence-corrected chi connectivity index (χ3v) is 6.86. The molecule has 0 saturated carbocycles. The van der Waals surface area contributed by atoms with Crippen molar-refractivity contribution in [1.29, 1.82) is 0 Å². The highest BCUT2D eigenvalue weighted by molar-refractivity contribution is 7.09. The van der Waals surface area contributed by atoms with E-state index in [9.17, 15) is 14.4 Å². The van der Waals surface area contributed by atoms with E-state index in [1.54, 1.807) is 23.5 Å². The van der Waals surface area contributed by atoms with E-state index in [-0.39, 0.29) is 11.8 Å². The van der Waals surface area contributed by atoms with E-state index < -0.39 is 24.5 Å². The van der Waals surface area contributed by atoms with Gasteiger partial charge in [0, 0.05) is 22.9 Å². The molecule has 9 heteroatoms. The first-order valence-electron chi connectivity index (χ1n) is 12.1. The maximum absolute atomic E-state index is 13.1. The number of hydrogen-bond donors (Lipinski definition) is 3. The molecule has 2 aromatic heterocycles.